The van der Waals surface area contributed by atoms with Crippen LogP contribution in [0.3, 0.4) is 0 Å². The number of hydrogen-bond acceptors (Lipinski definition) is 5. The summed E-state index contributed by atoms with van der Waals surface area (Å²) in [7, 11) is -0.971. The van der Waals surface area contributed by atoms with Crippen molar-refractivity contribution in [2.24, 2.45) is 0 Å². The van der Waals surface area contributed by atoms with Gasteiger partial charge in [-0.1, -0.05) is 36.4 Å². The third-order valence-corrected chi connectivity index (χ3v) is 6.37. The van der Waals surface area contributed by atoms with E-state index in [1.54, 1.807) is 54.6 Å². The number of carbonyl (C=O) groups is 2. The average molecular weight is 457 g/mol. The van der Waals surface area contributed by atoms with Crippen molar-refractivity contribution < 1.29 is 23.1 Å². The second-order valence-corrected chi connectivity index (χ2v) is 9.06. The van der Waals surface area contributed by atoms with Gasteiger partial charge >= 0.3 is 10.2 Å². The summed E-state index contributed by atoms with van der Waals surface area (Å²) in [6, 6.07) is 15.2. The van der Waals surface area contributed by atoms with Crippen molar-refractivity contribution in [3.05, 3.63) is 77.6 Å². The Morgan fingerprint density at radius 3 is 2.38 bits per heavy atom. The maximum atomic E-state index is 12.8. The zero-order valence-electron chi connectivity index (χ0n) is 17.6. The number of hydrogen-bond donors (Lipinski definition) is 3. The molecule has 0 fully saturated rings. The third-order valence-electron chi connectivity index (χ3n) is 4.64. The largest absolute Gasteiger partial charge is 0.395 e. The molecule has 0 radical (unpaired) electrons. The quantitative estimate of drug-likeness (QED) is 0.440. The van der Waals surface area contributed by atoms with Gasteiger partial charge in [0, 0.05) is 43.4 Å². The number of aromatic nitrogens is 1. The Labute approximate surface area is 186 Å². The molecule has 0 aliphatic carbocycles. The molecule has 2 amide bonds. The van der Waals surface area contributed by atoms with Crippen LogP contribution >= 0.6 is 0 Å². The number of nitrogens with zero attached hydrogens (tertiary/aromatic N) is 2. The molecule has 3 rings (SSSR count). The zero-order chi connectivity index (χ0) is 23.3. The molecular weight excluding hydrogens is 432 g/mol. The van der Waals surface area contributed by atoms with Gasteiger partial charge in [0.1, 0.15) is 5.70 Å². The average Bonchev–Trinajstić information content (AvgIpc) is 3.16. The number of benzene rings is 2. The van der Waals surface area contributed by atoms with Crippen molar-refractivity contribution >= 4 is 39.0 Å². The maximum absolute atomic E-state index is 12.8. The first kappa shape index (κ1) is 23.2. The van der Waals surface area contributed by atoms with Crippen molar-refractivity contribution in [3.63, 3.8) is 0 Å². The SMILES string of the molecule is CN(C)S(=O)(=O)n1cc(/C=C(\NC(=O)c2ccccc2)C(=O)NCCO)c2ccccc21. The van der Waals surface area contributed by atoms with Gasteiger partial charge in [-0.25, -0.2) is 3.97 Å². The summed E-state index contributed by atoms with van der Waals surface area (Å²) in [5, 5.41) is 14.7. The number of aliphatic hydroxyl groups excluding tert-OH is 1. The molecule has 0 unspecified atom stereocenters. The van der Waals surface area contributed by atoms with E-state index >= 15 is 0 Å². The fourth-order valence-corrected chi connectivity index (χ4v) is 4.03. The summed E-state index contributed by atoms with van der Waals surface area (Å²) in [6.45, 7) is -0.278. The highest BCUT2D eigenvalue weighted by atomic mass is 32.2. The second kappa shape index (κ2) is 9.77. The van der Waals surface area contributed by atoms with Crippen LogP contribution < -0.4 is 10.6 Å². The summed E-state index contributed by atoms with van der Waals surface area (Å²) < 4.78 is 27.8. The van der Waals surface area contributed by atoms with Crippen molar-refractivity contribution in [2.45, 2.75) is 0 Å². The Balaban J connectivity index is 2.10. The van der Waals surface area contributed by atoms with Gasteiger partial charge in [0.05, 0.1) is 12.1 Å². The molecule has 0 aliphatic rings. The minimum atomic E-state index is -3.82. The Kier molecular flexibility index (Phi) is 7.08. The van der Waals surface area contributed by atoms with Crippen LogP contribution in [0.1, 0.15) is 15.9 Å². The van der Waals surface area contributed by atoms with E-state index in [1.165, 1.54) is 26.4 Å². The van der Waals surface area contributed by atoms with Gasteiger partial charge in [-0.15, -0.1) is 0 Å². The van der Waals surface area contributed by atoms with Crippen molar-refractivity contribution in [2.75, 3.05) is 27.2 Å². The molecule has 1 aromatic heterocycles. The van der Waals surface area contributed by atoms with Crippen LogP contribution in [0, 0.1) is 0 Å². The highest BCUT2D eigenvalue weighted by Crippen LogP contribution is 2.25. The van der Waals surface area contributed by atoms with Crippen molar-refractivity contribution in [1.29, 1.82) is 0 Å². The summed E-state index contributed by atoms with van der Waals surface area (Å²) in [5.41, 5.74) is 1.12. The lowest BCUT2D eigenvalue weighted by Crippen LogP contribution is -2.36. The van der Waals surface area contributed by atoms with Crippen LogP contribution in [-0.4, -0.2) is 60.9 Å². The molecule has 168 valence electrons. The molecule has 0 spiro atoms. The summed E-state index contributed by atoms with van der Waals surface area (Å²) in [5.74, 6) is -1.11. The molecular formula is C22H24N4O5S. The monoisotopic (exact) mass is 456 g/mol. The highest BCUT2D eigenvalue weighted by molar-refractivity contribution is 7.87. The van der Waals surface area contributed by atoms with Crippen LogP contribution in [0.25, 0.3) is 17.0 Å². The molecule has 2 aromatic carbocycles. The van der Waals surface area contributed by atoms with Gasteiger partial charge in [0.25, 0.3) is 11.8 Å². The lowest BCUT2D eigenvalue weighted by atomic mass is 10.1. The van der Waals surface area contributed by atoms with E-state index in [4.69, 9.17) is 5.11 Å². The number of aliphatic hydroxyl groups is 1. The van der Waals surface area contributed by atoms with Crippen LogP contribution in [-0.2, 0) is 15.0 Å². The van der Waals surface area contributed by atoms with E-state index in [2.05, 4.69) is 10.6 Å². The van der Waals surface area contributed by atoms with E-state index in [0.29, 0.717) is 22.0 Å². The van der Waals surface area contributed by atoms with Gasteiger partial charge in [-0.05, 0) is 24.3 Å². The molecule has 10 heteroatoms. The summed E-state index contributed by atoms with van der Waals surface area (Å²) >= 11 is 0. The Hall–Kier alpha value is -3.47. The Morgan fingerprint density at radius 1 is 1.06 bits per heavy atom. The number of fused-ring (bicyclic) bond motifs is 1. The molecule has 1 heterocycles. The molecule has 32 heavy (non-hydrogen) atoms. The number of carbonyl (C=O) groups excluding carboxylic acids is 2. The van der Waals surface area contributed by atoms with Crippen molar-refractivity contribution in [3.8, 4) is 0 Å². The minimum Gasteiger partial charge on any atom is -0.395 e. The lowest BCUT2D eigenvalue weighted by molar-refractivity contribution is -0.117. The Bertz CT molecular complexity index is 1260. The third kappa shape index (κ3) is 4.88. The van der Waals surface area contributed by atoms with Crippen molar-refractivity contribution in [1.82, 2.24) is 18.9 Å². The molecule has 3 N–H and O–H groups in total. The second-order valence-electron chi connectivity index (χ2n) is 7.05. The van der Waals surface area contributed by atoms with Crippen LogP contribution in [0.2, 0.25) is 0 Å². The predicted molar refractivity (Wildman–Crippen MR) is 122 cm³/mol. The highest BCUT2D eigenvalue weighted by Gasteiger charge is 2.21. The standard InChI is InChI=1S/C22H24N4O5S/c1-25(2)32(30,31)26-15-17(18-10-6-7-11-20(18)26)14-19(22(29)23-12-13-27)24-21(28)16-8-4-3-5-9-16/h3-11,14-15,27H,12-13H2,1-2H3,(H,23,29)(H,24,28)/b19-14-. The molecule has 0 saturated heterocycles. The molecule has 0 atom stereocenters. The van der Waals surface area contributed by atoms with E-state index < -0.39 is 22.0 Å². The van der Waals surface area contributed by atoms with Gasteiger partial charge in [-0.2, -0.15) is 12.7 Å². The van der Waals surface area contributed by atoms with E-state index in [1.807, 2.05) is 0 Å². The molecule has 0 aliphatic heterocycles. The summed E-state index contributed by atoms with van der Waals surface area (Å²) in [4.78, 5) is 25.3. The summed E-state index contributed by atoms with van der Waals surface area (Å²) in [6.07, 6.45) is 2.81. The zero-order valence-corrected chi connectivity index (χ0v) is 18.5. The first-order chi connectivity index (χ1) is 15.3. The number of para-hydroxylation sites is 1. The molecule has 0 bridgehead atoms. The molecule has 9 nitrogen and oxygen atoms in total. The Morgan fingerprint density at radius 2 is 1.72 bits per heavy atom. The molecule has 3 aromatic rings. The van der Waals surface area contributed by atoms with Gasteiger partial charge < -0.3 is 15.7 Å². The van der Waals surface area contributed by atoms with Gasteiger partial charge in [0.15, 0.2) is 0 Å². The number of amides is 2. The van der Waals surface area contributed by atoms with Gasteiger partial charge in [-0.3, -0.25) is 9.59 Å². The predicted octanol–water partition coefficient (Wildman–Crippen LogP) is 1.18. The van der Waals surface area contributed by atoms with E-state index in [9.17, 15) is 18.0 Å². The minimum absolute atomic E-state index is 0.00580. The molecule has 0 saturated carbocycles. The fourth-order valence-electron chi connectivity index (χ4n) is 3.02. The number of nitrogens with one attached hydrogen (secondary N) is 2. The van der Waals surface area contributed by atoms with E-state index in [-0.39, 0.29) is 18.8 Å². The fraction of sp³-hybridized carbons (Fsp3) is 0.182. The lowest BCUT2D eigenvalue weighted by Gasteiger charge is -2.13. The normalized spacial score (nSPS) is 12.2. The maximum Gasteiger partial charge on any atom is 0.307 e. The van der Waals surface area contributed by atoms with Crippen LogP contribution in [0.5, 0.6) is 0 Å². The first-order valence-corrected chi connectivity index (χ1v) is 11.2. The van der Waals surface area contributed by atoms with Crippen LogP contribution in [0.4, 0.5) is 0 Å². The number of rotatable bonds is 8. The van der Waals surface area contributed by atoms with Crippen LogP contribution in [0.15, 0.2) is 66.5 Å². The first-order valence-electron chi connectivity index (χ1n) is 9.76. The van der Waals surface area contributed by atoms with E-state index in [0.717, 1.165) is 8.28 Å². The topological polar surface area (TPSA) is 121 Å². The van der Waals surface area contributed by atoms with Gasteiger partial charge in [0.2, 0.25) is 0 Å². The smallest absolute Gasteiger partial charge is 0.307 e.